The Morgan fingerprint density at radius 3 is 3.00 bits per heavy atom. The Morgan fingerprint density at radius 1 is 1.48 bits per heavy atom. The second-order valence-electron chi connectivity index (χ2n) is 5.28. The second kappa shape index (κ2) is 7.98. The van der Waals surface area contributed by atoms with E-state index in [1.54, 1.807) is 18.3 Å². The Balaban J connectivity index is 2.14. The normalized spacial score (nSPS) is 18.3. The molecule has 0 aromatic carbocycles. The third kappa shape index (κ3) is 4.17. The molecule has 1 aromatic rings. The molecule has 2 rings (SSSR count). The third-order valence-electron chi connectivity index (χ3n) is 3.82. The van der Waals surface area contributed by atoms with Crippen LogP contribution in [0.15, 0.2) is 18.3 Å². The van der Waals surface area contributed by atoms with Crippen LogP contribution in [-0.2, 0) is 4.74 Å². The van der Waals surface area contributed by atoms with E-state index < -0.39 is 0 Å². The third-order valence-corrected chi connectivity index (χ3v) is 3.82. The number of nitrogens with zero attached hydrogens (tertiary/aromatic N) is 2. The summed E-state index contributed by atoms with van der Waals surface area (Å²) >= 11 is 0. The van der Waals surface area contributed by atoms with E-state index in [2.05, 4.69) is 22.1 Å². The number of esters is 1. The molecule has 1 saturated heterocycles. The smallest absolute Gasteiger partial charge is 0.341 e. The Bertz CT molecular complexity index is 459. The van der Waals surface area contributed by atoms with Crippen LogP contribution in [0.4, 0.5) is 5.82 Å². The van der Waals surface area contributed by atoms with Gasteiger partial charge in [0.15, 0.2) is 0 Å². The summed E-state index contributed by atoms with van der Waals surface area (Å²) in [7, 11) is 0. The van der Waals surface area contributed by atoms with Crippen LogP contribution < -0.4 is 10.2 Å². The quantitative estimate of drug-likeness (QED) is 0.815. The van der Waals surface area contributed by atoms with Crippen molar-refractivity contribution in [2.24, 2.45) is 0 Å². The van der Waals surface area contributed by atoms with Crippen LogP contribution in [-0.4, -0.2) is 43.2 Å². The number of carbonyl (C=O) groups excluding carboxylic acids is 1. The van der Waals surface area contributed by atoms with Crippen LogP contribution in [0.1, 0.15) is 43.5 Å². The van der Waals surface area contributed by atoms with Crippen molar-refractivity contribution < 1.29 is 9.53 Å². The maximum absolute atomic E-state index is 12.1. The molecule has 0 aliphatic carbocycles. The Hall–Kier alpha value is -1.62. The van der Waals surface area contributed by atoms with Gasteiger partial charge in [0.2, 0.25) is 0 Å². The van der Waals surface area contributed by atoms with E-state index in [0.29, 0.717) is 18.2 Å². The number of likely N-dealkylation sites (N-methyl/N-ethyl adjacent to an activating group) is 1. The number of hydrogen-bond acceptors (Lipinski definition) is 5. The first kappa shape index (κ1) is 15.8. The molecule has 1 aromatic heterocycles. The van der Waals surface area contributed by atoms with Gasteiger partial charge in [-0.05, 0) is 45.4 Å². The van der Waals surface area contributed by atoms with E-state index in [9.17, 15) is 4.79 Å². The Labute approximate surface area is 126 Å². The number of hydrogen-bond donors (Lipinski definition) is 1. The van der Waals surface area contributed by atoms with Crippen LogP contribution in [0.5, 0.6) is 0 Å². The SMILES string of the molecule is CCOC(=O)c1cccnc1N(CC)CC1CCCCN1. The van der Waals surface area contributed by atoms with Gasteiger partial charge in [0, 0.05) is 25.3 Å². The Kier molecular flexibility index (Phi) is 5.99. The first-order chi connectivity index (χ1) is 10.3. The largest absolute Gasteiger partial charge is 0.462 e. The van der Waals surface area contributed by atoms with Gasteiger partial charge in [0.25, 0.3) is 0 Å². The van der Waals surface area contributed by atoms with Crippen molar-refractivity contribution in [2.75, 3.05) is 31.1 Å². The summed E-state index contributed by atoms with van der Waals surface area (Å²) < 4.78 is 5.13. The first-order valence-electron chi connectivity index (χ1n) is 7.86. The molecule has 0 saturated carbocycles. The molecule has 1 N–H and O–H groups in total. The number of aromatic nitrogens is 1. The highest BCUT2D eigenvalue weighted by atomic mass is 16.5. The van der Waals surface area contributed by atoms with Crippen molar-refractivity contribution in [3.05, 3.63) is 23.9 Å². The highest BCUT2D eigenvalue weighted by molar-refractivity contribution is 5.94. The van der Waals surface area contributed by atoms with Crippen LogP contribution in [0.25, 0.3) is 0 Å². The minimum absolute atomic E-state index is 0.296. The summed E-state index contributed by atoms with van der Waals surface area (Å²) in [6, 6.07) is 4.04. The fourth-order valence-corrected chi connectivity index (χ4v) is 2.73. The van der Waals surface area contributed by atoms with Gasteiger partial charge in [-0.1, -0.05) is 6.42 Å². The van der Waals surface area contributed by atoms with Crippen molar-refractivity contribution in [3.63, 3.8) is 0 Å². The van der Waals surface area contributed by atoms with Crippen molar-refractivity contribution in [1.82, 2.24) is 10.3 Å². The lowest BCUT2D eigenvalue weighted by atomic mass is 10.0. The van der Waals surface area contributed by atoms with Gasteiger partial charge in [-0.25, -0.2) is 9.78 Å². The average Bonchev–Trinajstić information content (AvgIpc) is 2.54. The number of rotatable bonds is 6. The molecule has 5 heteroatoms. The lowest BCUT2D eigenvalue weighted by molar-refractivity contribution is 0.0526. The molecule has 0 spiro atoms. The summed E-state index contributed by atoms with van der Waals surface area (Å²) in [5.74, 6) is 0.432. The van der Waals surface area contributed by atoms with Gasteiger partial charge in [-0.3, -0.25) is 0 Å². The first-order valence-corrected chi connectivity index (χ1v) is 7.86. The predicted octanol–water partition coefficient (Wildman–Crippen LogP) is 2.23. The van der Waals surface area contributed by atoms with Crippen molar-refractivity contribution in [1.29, 1.82) is 0 Å². The second-order valence-corrected chi connectivity index (χ2v) is 5.28. The molecule has 1 aliphatic heterocycles. The number of anilines is 1. The average molecular weight is 291 g/mol. The maximum Gasteiger partial charge on any atom is 0.341 e. The van der Waals surface area contributed by atoms with Gasteiger partial charge in [0.05, 0.1) is 6.61 Å². The van der Waals surface area contributed by atoms with Crippen LogP contribution in [0.3, 0.4) is 0 Å². The molecule has 1 unspecified atom stereocenters. The van der Waals surface area contributed by atoms with Crippen LogP contribution in [0, 0.1) is 0 Å². The van der Waals surface area contributed by atoms with E-state index >= 15 is 0 Å². The highest BCUT2D eigenvalue weighted by Gasteiger charge is 2.21. The molecule has 1 fully saturated rings. The summed E-state index contributed by atoms with van der Waals surface area (Å²) in [6.45, 7) is 7.06. The molecular weight excluding hydrogens is 266 g/mol. The van der Waals surface area contributed by atoms with E-state index in [4.69, 9.17) is 4.74 Å². The molecule has 1 aliphatic rings. The highest BCUT2D eigenvalue weighted by Crippen LogP contribution is 2.20. The standard InChI is InChI=1S/C16H25N3O2/c1-3-19(12-13-8-5-6-10-17-13)15-14(9-7-11-18-15)16(20)21-4-2/h7,9,11,13,17H,3-6,8,10,12H2,1-2H3. The van der Waals surface area contributed by atoms with Gasteiger partial charge in [-0.2, -0.15) is 0 Å². The molecule has 116 valence electrons. The lowest BCUT2D eigenvalue weighted by Gasteiger charge is -2.31. The summed E-state index contributed by atoms with van der Waals surface area (Å²) in [5, 5.41) is 3.54. The van der Waals surface area contributed by atoms with Crippen molar-refractivity contribution in [2.45, 2.75) is 39.2 Å². The molecular formula is C16H25N3O2. The van der Waals surface area contributed by atoms with E-state index in [1.807, 2.05) is 6.92 Å². The number of carbonyl (C=O) groups is 1. The molecule has 1 atom stereocenters. The topological polar surface area (TPSA) is 54.5 Å². The van der Waals surface area contributed by atoms with E-state index in [1.165, 1.54) is 19.3 Å². The number of pyridine rings is 1. The van der Waals surface area contributed by atoms with Gasteiger partial charge < -0.3 is 15.0 Å². The molecule has 5 nitrogen and oxygen atoms in total. The van der Waals surface area contributed by atoms with E-state index in [-0.39, 0.29) is 5.97 Å². The molecule has 0 radical (unpaired) electrons. The monoisotopic (exact) mass is 291 g/mol. The number of ether oxygens (including phenoxy) is 1. The van der Waals surface area contributed by atoms with E-state index in [0.717, 1.165) is 25.5 Å². The maximum atomic E-state index is 12.1. The lowest BCUT2D eigenvalue weighted by Crippen LogP contribution is -2.44. The number of piperidine rings is 1. The zero-order valence-corrected chi connectivity index (χ0v) is 13.0. The van der Waals surface area contributed by atoms with Crippen molar-refractivity contribution >= 4 is 11.8 Å². The fraction of sp³-hybridized carbons (Fsp3) is 0.625. The summed E-state index contributed by atoms with van der Waals surface area (Å²) in [4.78, 5) is 18.7. The Morgan fingerprint density at radius 2 is 2.33 bits per heavy atom. The summed E-state index contributed by atoms with van der Waals surface area (Å²) in [6.07, 6.45) is 5.43. The fourth-order valence-electron chi connectivity index (χ4n) is 2.73. The molecule has 21 heavy (non-hydrogen) atoms. The van der Waals surface area contributed by atoms with Gasteiger partial charge in [-0.15, -0.1) is 0 Å². The van der Waals surface area contributed by atoms with Gasteiger partial charge in [0.1, 0.15) is 11.4 Å². The predicted molar refractivity (Wildman–Crippen MR) is 83.7 cm³/mol. The zero-order valence-electron chi connectivity index (χ0n) is 13.0. The molecule has 0 bridgehead atoms. The van der Waals surface area contributed by atoms with Crippen molar-refractivity contribution in [3.8, 4) is 0 Å². The van der Waals surface area contributed by atoms with Crippen LogP contribution >= 0.6 is 0 Å². The van der Waals surface area contributed by atoms with Gasteiger partial charge >= 0.3 is 5.97 Å². The molecule has 0 amide bonds. The number of nitrogens with one attached hydrogen (secondary N) is 1. The van der Waals surface area contributed by atoms with Crippen LogP contribution in [0.2, 0.25) is 0 Å². The molecule has 2 heterocycles. The summed E-state index contributed by atoms with van der Waals surface area (Å²) in [5.41, 5.74) is 0.553. The minimum atomic E-state index is -0.296. The zero-order chi connectivity index (χ0) is 15.1. The minimum Gasteiger partial charge on any atom is -0.462 e.